The van der Waals surface area contributed by atoms with Crippen molar-refractivity contribution in [3.05, 3.63) is 35.1 Å². The second-order valence-electron chi connectivity index (χ2n) is 3.54. The summed E-state index contributed by atoms with van der Waals surface area (Å²) in [4.78, 5) is 0. The van der Waals surface area contributed by atoms with Crippen LogP contribution in [0, 0.1) is 6.92 Å². The molecule has 2 nitrogen and oxygen atoms in total. The first kappa shape index (κ1) is 9.13. The molecule has 1 aromatic rings. The van der Waals surface area contributed by atoms with Crippen LogP contribution in [0.1, 0.15) is 18.1 Å². The van der Waals surface area contributed by atoms with Gasteiger partial charge in [0.1, 0.15) is 18.1 Å². The summed E-state index contributed by atoms with van der Waals surface area (Å²) >= 11 is 0. The number of methoxy groups -OCH3 is 1. The number of fused-ring (bicyclic) bond motifs is 1. The minimum Gasteiger partial charge on any atom is -0.497 e. The second-order valence-corrected chi connectivity index (χ2v) is 3.54. The molecule has 2 rings (SSSR count). The molecule has 14 heavy (non-hydrogen) atoms. The molecule has 0 fully saturated rings. The quantitative estimate of drug-likeness (QED) is 0.678. The van der Waals surface area contributed by atoms with Gasteiger partial charge < -0.3 is 9.47 Å². The fourth-order valence-electron chi connectivity index (χ4n) is 1.67. The van der Waals surface area contributed by atoms with Crippen molar-refractivity contribution in [2.45, 2.75) is 13.8 Å². The third-order valence-corrected chi connectivity index (χ3v) is 2.56. The Hall–Kier alpha value is -1.44. The van der Waals surface area contributed by atoms with Crippen molar-refractivity contribution >= 4 is 5.57 Å². The Balaban J connectivity index is 2.52. The fraction of sp³-hybridized carbons (Fsp3) is 0.333. The molecule has 0 N–H and O–H groups in total. The van der Waals surface area contributed by atoms with Crippen LogP contribution in [0.15, 0.2) is 24.0 Å². The Morgan fingerprint density at radius 2 is 2.07 bits per heavy atom. The van der Waals surface area contributed by atoms with Crippen LogP contribution in [0.2, 0.25) is 0 Å². The molecule has 0 unspecified atom stereocenters. The van der Waals surface area contributed by atoms with E-state index < -0.39 is 0 Å². The molecule has 2 heteroatoms. The Morgan fingerprint density at radius 3 is 2.79 bits per heavy atom. The van der Waals surface area contributed by atoms with Crippen LogP contribution >= 0.6 is 0 Å². The van der Waals surface area contributed by atoms with E-state index in [1.807, 2.05) is 0 Å². The number of ether oxygens (including phenoxy) is 2. The monoisotopic (exact) mass is 190 g/mol. The van der Waals surface area contributed by atoms with Gasteiger partial charge in [0.05, 0.1) is 7.11 Å². The Morgan fingerprint density at radius 1 is 1.29 bits per heavy atom. The Bertz CT molecular complexity index is 391. The van der Waals surface area contributed by atoms with Crippen molar-refractivity contribution in [2.75, 3.05) is 13.7 Å². The normalized spacial score (nSPS) is 14.8. The van der Waals surface area contributed by atoms with Gasteiger partial charge in [-0.25, -0.2) is 0 Å². The number of benzene rings is 1. The Labute approximate surface area is 84.2 Å². The molecule has 0 atom stereocenters. The predicted octanol–water partition coefficient (Wildman–Crippen LogP) is 2.76. The maximum atomic E-state index is 5.60. The van der Waals surface area contributed by atoms with Gasteiger partial charge in [0.25, 0.3) is 0 Å². The van der Waals surface area contributed by atoms with Crippen LogP contribution in [-0.4, -0.2) is 13.7 Å². The second kappa shape index (κ2) is 3.37. The van der Waals surface area contributed by atoms with Crippen LogP contribution in [-0.2, 0) is 4.74 Å². The maximum absolute atomic E-state index is 5.60. The van der Waals surface area contributed by atoms with Gasteiger partial charge in [0.15, 0.2) is 0 Å². The lowest BCUT2D eigenvalue weighted by Crippen LogP contribution is -2.11. The molecule has 1 aliphatic rings. The molecule has 74 valence electrons. The van der Waals surface area contributed by atoms with E-state index in [0.29, 0.717) is 6.61 Å². The summed E-state index contributed by atoms with van der Waals surface area (Å²) in [6.07, 6.45) is 0. The molecule has 0 saturated carbocycles. The van der Waals surface area contributed by atoms with Crippen LogP contribution in [0.3, 0.4) is 0 Å². The van der Waals surface area contributed by atoms with Crippen molar-refractivity contribution in [1.29, 1.82) is 0 Å². The van der Waals surface area contributed by atoms with Gasteiger partial charge >= 0.3 is 0 Å². The van der Waals surface area contributed by atoms with Crippen molar-refractivity contribution in [1.82, 2.24) is 0 Å². The molecule has 0 aliphatic carbocycles. The van der Waals surface area contributed by atoms with E-state index in [0.717, 1.165) is 17.1 Å². The summed E-state index contributed by atoms with van der Waals surface area (Å²) in [5.41, 5.74) is 3.53. The number of aryl methyl sites for hydroxylation is 1. The van der Waals surface area contributed by atoms with Gasteiger partial charge in [-0.2, -0.15) is 0 Å². The molecule has 0 bridgehead atoms. The SMILES string of the molecule is COC1=C(C)c2ccc(C)cc2OC1. The van der Waals surface area contributed by atoms with Crippen LogP contribution in [0.5, 0.6) is 5.75 Å². The first-order chi connectivity index (χ1) is 6.72. The van der Waals surface area contributed by atoms with Gasteiger partial charge in [0, 0.05) is 11.1 Å². The minimum atomic E-state index is 0.540. The molecular weight excluding hydrogens is 176 g/mol. The fourth-order valence-corrected chi connectivity index (χ4v) is 1.67. The molecule has 0 aromatic heterocycles. The molecule has 1 heterocycles. The molecule has 0 amide bonds. The van der Waals surface area contributed by atoms with Crippen LogP contribution in [0.25, 0.3) is 5.57 Å². The zero-order valence-corrected chi connectivity index (χ0v) is 8.76. The van der Waals surface area contributed by atoms with Crippen LogP contribution in [0.4, 0.5) is 0 Å². The smallest absolute Gasteiger partial charge is 0.145 e. The van der Waals surface area contributed by atoms with Gasteiger partial charge in [0.2, 0.25) is 0 Å². The van der Waals surface area contributed by atoms with E-state index in [-0.39, 0.29) is 0 Å². The molecule has 0 radical (unpaired) electrons. The topological polar surface area (TPSA) is 18.5 Å². The number of hydrogen-bond acceptors (Lipinski definition) is 2. The Kier molecular flexibility index (Phi) is 2.20. The van der Waals surface area contributed by atoms with E-state index in [9.17, 15) is 0 Å². The lowest BCUT2D eigenvalue weighted by atomic mass is 10.0. The molecule has 1 aliphatic heterocycles. The average molecular weight is 190 g/mol. The minimum absolute atomic E-state index is 0.540. The highest BCUT2D eigenvalue weighted by molar-refractivity contribution is 5.72. The summed E-state index contributed by atoms with van der Waals surface area (Å²) < 4.78 is 10.8. The van der Waals surface area contributed by atoms with Gasteiger partial charge in [-0.15, -0.1) is 0 Å². The van der Waals surface area contributed by atoms with Crippen molar-refractivity contribution in [3.8, 4) is 5.75 Å². The lowest BCUT2D eigenvalue weighted by molar-refractivity contribution is 0.215. The van der Waals surface area contributed by atoms with Crippen LogP contribution < -0.4 is 4.74 Å². The zero-order valence-electron chi connectivity index (χ0n) is 8.76. The highest BCUT2D eigenvalue weighted by atomic mass is 16.5. The summed E-state index contributed by atoms with van der Waals surface area (Å²) in [6, 6.07) is 6.23. The van der Waals surface area contributed by atoms with Crippen molar-refractivity contribution < 1.29 is 9.47 Å². The number of rotatable bonds is 1. The predicted molar refractivity (Wildman–Crippen MR) is 56.3 cm³/mol. The highest BCUT2D eigenvalue weighted by Crippen LogP contribution is 2.33. The summed E-state index contributed by atoms with van der Waals surface area (Å²) in [5.74, 6) is 1.88. The number of allylic oxidation sites excluding steroid dienone is 1. The largest absolute Gasteiger partial charge is 0.497 e. The van der Waals surface area contributed by atoms with E-state index in [2.05, 4.69) is 32.0 Å². The lowest BCUT2D eigenvalue weighted by Gasteiger charge is -2.21. The van der Waals surface area contributed by atoms with Gasteiger partial charge in [-0.3, -0.25) is 0 Å². The van der Waals surface area contributed by atoms with E-state index in [1.54, 1.807) is 7.11 Å². The molecule has 1 aromatic carbocycles. The summed E-state index contributed by atoms with van der Waals surface area (Å²) in [7, 11) is 1.68. The summed E-state index contributed by atoms with van der Waals surface area (Å²) in [6.45, 7) is 4.67. The molecule has 0 spiro atoms. The van der Waals surface area contributed by atoms with Gasteiger partial charge in [-0.05, 0) is 25.5 Å². The van der Waals surface area contributed by atoms with E-state index in [1.165, 1.54) is 11.1 Å². The van der Waals surface area contributed by atoms with Crippen molar-refractivity contribution in [3.63, 3.8) is 0 Å². The van der Waals surface area contributed by atoms with Crippen molar-refractivity contribution in [2.24, 2.45) is 0 Å². The summed E-state index contributed by atoms with van der Waals surface area (Å²) in [5, 5.41) is 0. The third-order valence-electron chi connectivity index (χ3n) is 2.56. The highest BCUT2D eigenvalue weighted by Gasteiger charge is 2.17. The number of hydrogen-bond donors (Lipinski definition) is 0. The first-order valence-electron chi connectivity index (χ1n) is 4.70. The van der Waals surface area contributed by atoms with E-state index >= 15 is 0 Å². The zero-order chi connectivity index (χ0) is 10.1. The van der Waals surface area contributed by atoms with Gasteiger partial charge in [-0.1, -0.05) is 12.1 Å². The molecular formula is C12H14O2. The average Bonchev–Trinajstić information content (AvgIpc) is 2.18. The maximum Gasteiger partial charge on any atom is 0.145 e. The first-order valence-corrected chi connectivity index (χ1v) is 4.70. The third kappa shape index (κ3) is 1.37. The standard InChI is InChI=1S/C12H14O2/c1-8-4-5-10-9(2)12(13-3)7-14-11(10)6-8/h4-6H,7H2,1-3H3. The van der Waals surface area contributed by atoms with E-state index in [4.69, 9.17) is 9.47 Å². The molecule has 0 saturated heterocycles.